The van der Waals surface area contributed by atoms with Crippen molar-refractivity contribution in [2.24, 2.45) is 41.4 Å². The van der Waals surface area contributed by atoms with Crippen LogP contribution in [0.4, 0.5) is 65.9 Å². The van der Waals surface area contributed by atoms with Crippen molar-refractivity contribution >= 4 is 0 Å². The lowest BCUT2D eigenvalue weighted by molar-refractivity contribution is -0.239. The lowest BCUT2D eigenvalue weighted by atomic mass is 9.71. The molecule has 1 atom stereocenters. The molecule has 6 aliphatic rings. The van der Waals surface area contributed by atoms with Crippen LogP contribution in [0, 0.1) is 93.8 Å². The van der Waals surface area contributed by atoms with E-state index in [9.17, 15) is 65.9 Å². The van der Waals surface area contributed by atoms with Gasteiger partial charge in [0.15, 0.2) is 58.6 Å². The van der Waals surface area contributed by atoms with Crippen LogP contribution in [0.1, 0.15) is 135 Å². The van der Waals surface area contributed by atoms with E-state index in [-0.39, 0.29) is 49.9 Å². The van der Waals surface area contributed by atoms with Crippen LogP contribution < -0.4 is 14.2 Å². The van der Waals surface area contributed by atoms with Crippen molar-refractivity contribution in [3.8, 4) is 17.2 Å². The van der Waals surface area contributed by atoms with E-state index in [1.165, 1.54) is 32.1 Å². The fourth-order valence-electron chi connectivity index (χ4n) is 11.5. The zero-order valence-corrected chi connectivity index (χ0v) is 41.2. The molecule has 0 aromatic heterocycles. The normalized spacial score (nSPS) is 26.5. The fourth-order valence-corrected chi connectivity index (χ4v) is 11.5. The third-order valence-electron chi connectivity index (χ3n) is 15.7. The van der Waals surface area contributed by atoms with E-state index in [2.05, 4.69) is 14.2 Å². The highest BCUT2D eigenvalue weighted by Crippen LogP contribution is 2.47. The molecule has 21 heteroatoms. The Morgan fingerprint density at radius 3 is 0.973 bits per heavy atom. The van der Waals surface area contributed by atoms with Crippen molar-refractivity contribution in [1.82, 2.24) is 0 Å². The second kappa shape index (κ2) is 26.0. The van der Waals surface area contributed by atoms with Crippen molar-refractivity contribution < 1.29 is 94.3 Å². The summed E-state index contributed by atoms with van der Waals surface area (Å²) in [6, 6.07) is 2.63. The van der Waals surface area contributed by atoms with E-state index in [1.54, 1.807) is 0 Å². The standard InChI is InChI=1S/C19H23F5O.C18H21F5O2.C17H19F5O3/c20-16-10-15(11-17(21)18(16)22)25-19(23,24)14-8-6-13(7-9-14)12-4-2-1-3-5-12;19-14-9-13(10-15(20)17(14)21)25-18(22,23)12-6-4-11(5-7-12)16-3-1-2-8-24-16;18-13-8-12(9-14(19)15(13)20)25-17(21,22)11-4-2-10(3-5-11)16-23-6-1-7-24-16/h10-14H,1-9H2;9-12,16H,1-8H2;8-11,16H,1-7H2. The maximum absolute atomic E-state index is 14.4. The summed E-state index contributed by atoms with van der Waals surface area (Å²) in [7, 11) is 0. The average molecular weight is 1090 g/mol. The Kier molecular flexibility index (Phi) is 20.3. The van der Waals surface area contributed by atoms with Gasteiger partial charge in [-0.25, -0.2) is 39.5 Å². The van der Waals surface area contributed by atoms with Gasteiger partial charge in [-0.15, -0.1) is 0 Å². The second-order valence-corrected chi connectivity index (χ2v) is 20.7. The molecule has 1 unspecified atom stereocenters. The minimum absolute atomic E-state index is 0.0491. The number of hydrogen-bond acceptors (Lipinski definition) is 6. The molecule has 2 aliphatic heterocycles. The summed E-state index contributed by atoms with van der Waals surface area (Å²) in [5.74, 6) is -18.2. The zero-order chi connectivity index (χ0) is 54.1. The molecule has 0 spiro atoms. The van der Waals surface area contributed by atoms with Crippen LogP contribution in [0.3, 0.4) is 0 Å². The van der Waals surface area contributed by atoms with Gasteiger partial charge in [-0.3, -0.25) is 0 Å². The molecular weight excluding hydrogens is 1030 g/mol. The second-order valence-electron chi connectivity index (χ2n) is 20.7. The molecule has 0 N–H and O–H groups in total. The summed E-state index contributed by atoms with van der Waals surface area (Å²) in [6.07, 6.45) is 4.34. The van der Waals surface area contributed by atoms with E-state index in [0.29, 0.717) is 100.0 Å². The monoisotopic (exact) mass is 1090 g/mol. The molecule has 0 radical (unpaired) electrons. The Hall–Kier alpha value is -4.11. The van der Waals surface area contributed by atoms with Crippen LogP contribution in [0.15, 0.2) is 36.4 Å². The Labute approximate surface area is 426 Å². The summed E-state index contributed by atoms with van der Waals surface area (Å²) in [5, 5.41) is 0. The molecule has 75 heavy (non-hydrogen) atoms. The van der Waals surface area contributed by atoms with Crippen molar-refractivity contribution in [1.29, 1.82) is 0 Å². The van der Waals surface area contributed by atoms with Gasteiger partial charge in [0.05, 0.1) is 37.1 Å². The lowest BCUT2D eigenvalue weighted by Crippen LogP contribution is -2.40. The topological polar surface area (TPSA) is 55.4 Å². The van der Waals surface area contributed by atoms with E-state index >= 15 is 0 Å². The zero-order valence-electron chi connectivity index (χ0n) is 41.2. The molecule has 2 heterocycles. The molecule has 9 rings (SSSR count). The van der Waals surface area contributed by atoms with Crippen LogP contribution in [-0.2, 0) is 14.2 Å². The van der Waals surface area contributed by atoms with Crippen molar-refractivity contribution in [3.63, 3.8) is 0 Å². The Morgan fingerprint density at radius 2 is 0.627 bits per heavy atom. The van der Waals surface area contributed by atoms with Gasteiger partial charge in [-0.2, -0.15) is 26.3 Å². The number of ether oxygens (including phenoxy) is 6. The minimum Gasteiger partial charge on any atom is -0.432 e. The van der Waals surface area contributed by atoms with Crippen LogP contribution in [0.25, 0.3) is 0 Å². The molecule has 420 valence electrons. The van der Waals surface area contributed by atoms with Gasteiger partial charge in [0, 0.05) is 48.9 Å². The van der Waals surface area contributed by atoms with E-state index in [1.807, 2.05) is 0 Å². The van der Waals surface area contributed by atoms with E-state index in [0.717, 1.165) is 45.1 Å². The van der Waals surface area contributed by atoms with Crippen molar-refractivity contribution in [2.45, 2.75) is 166 Å². The first-order chi connectivity index (χ1) is 35.6. The Morgan fingerprint density at radius 1 is 0.320 bits per heavy atom. The van der Waals surface area contributed by atoms with Gasteiger partial charge in [-0.05, 0) is 120 Å². The number of halogens is 15. The predicted molar refractivity (Wildman–Crippen MR) is 242 cm³/mol. The molecule has 6 fully saturated rings. The first-order valence-electron chi connectivity index (χ1n) is 26.1. The quantitative estimate of drug-likeness (QED) is 0.133. The molecule has 2 saturated heterocycles. The molecule has 6 nitrogen and oxygen atoms in total. The maximum atomic E-state index is 14.4. The number of alkyl halides is 6. The lowest BCUT2D eigenvalue weighted by Gasteiger charge is -2.37. The molecule has 4 aliphatic carbocycles. The highest BCUT2D eigenvalue weighted by molar-refractivity contribution is 5.27. The molecule has 4 saturated carbocycles. The van der Waals surface area contributed by atoms with Crippen LogP contribution in [0.2, 0.25) is 0 Å². The minimum atomic E-state index is -3.60. The van der Waals surface area contributed by atoms with E-state index < -0.39 is 106 Å². The van der Waals surface area contributed by atoms with Crippen LogP contribution in [-0.4, -0.2) is 50.5 Å². The van der Waals surface area contributed by atoms with Crippen LogP contribution >= 0.6 is 0 Å². The number of hydrogen-bond donors (Lipinski definition) is 0. The first-order valence-corrected chi connectivity index (χ1v) is 26.1. The number of benzene rings is 3. The van der Waals surface area contributed by atoms with Gasteiger partial charge in [0.1, 0.15) is 17.2 Å². The SMILES string of the molecule is Fc1cc(OC(F)(F)C2CCC(C3CCCCC3)CC2)cc(F)c1F.Fc1cc(OC(F)(F)C2CCC(C3CCCCO3)CC2)cc(F)c1F.Fc1cc(OC(F)(F)C2CCC(C3OCCCO3)CC2)cc(F)c1F. The molecule has 0 amide bonds. The largest absolute Gasteiger partial charge is 0.432 e. The fraction of sp³-hybridized carbons (Fsp3) is 0.667. The third-order valence-corrected chi connectivity index (χ3v) is 15.7. The molecule has 3 aromatic carbocycles. The Bertz CT molecular complexity index is 1960. The van der Waals surface area contributed by atoms with E-state index in [4.69, 9.17) is 14.2 Å². The summed E-state index contributed by atoms with van der Waals surface area (Å²) in [4.78, 5) is 0. The summed E-state index contributed by atoms with van der Waals surface area (Å²) in [6.45, 7) is 1.93. The molecular formula is C54H63F15O6. The average Bonchev–Trinajstić information content (AvgIpc) is 3.40. The van der Waals surface area contributed by atoms with Crippen molar-refractivity contribution in [2.75, 3.05) is 19.8 Å². The third kappa shape index (κ3) is 15.8. The number of rotatable bonds is 12. The molecule has 3 aromatic rings. The highest BCUT2D eigenvalue weighted by atomic mass is 19.3. The maximum Gasteiger partial charge on any atom is 0.400 e. The summed E-state index contributed by atoms with van der Waals surface area (Å²) >= 11 is 0. The van der Waals surface area contributed by atoms with Crippen LogP contribution in [0.5, 0.6) is 17.2 Å². The summed E-state index contributed by atoms with van der Waals surface area (Å²) in [5.41, 5.74) is 0. The highest BCUT2D eigenvalue weighted by Gasteiger charge is 2.48. The Balaban J connectivity index is 0.000000164. The van der Waals surface area contributed by atoms with Gasteiger partial charge < -0.3 is 28.4 Å². The first kappa shape index (κ1) is 58.6. The van der Waals surface area contributed by atoms with Crippen molar-refractivity contribution in [3.05, 3.63) is 88.8 Å². The smallest absolute Gasteiger partial charge is 0.400 e. The summed E-state index contributed by atoms with van der Waals surface area (Å²) < 4.78 is 234. The van der Waals surface area contributed by atoms with Gasteiger partial charge >= 0.3 is 18.3 Å². The van der Waals surface area contributed by atoms with Gasteiger partial charge in [0.25, 0.3) is 0 Å². The predicted octanol–water partition coefficient (Wildman–Crippen LogP) is 16.6. The molecule has 0 bridgehead atoms. The van der Waals surface area contributed by atoms with Gasteiger partial charge in [-0.1, -0.05) is 32.1 Å². The van der Waals surface area contributed by atoms with Gasteiger partial charge in [0.2, 0.25) is 0 Å².